The number of aliphatic hydroxyl groups is 6. The van der Waals surface area contributed by atoms with Crippen LogP contribution in [0.15, 0.2) is 12.7 Å². The Balaban J connectivity index is 0.780. The van der Waals surface area contributed by atoms with E-state index in [9.17, 15) is 78.3 Å². The molecular weight excluding hydrogens is 1140 g/mol. The number of carbonyl (C=O) groups is 3. The normalized spacial score (nSPS) is 34.7. The maximum absolute atomic E-state index is 13.1. The number of phosphoric acid groups is 3. The molecule has 0 spiro atoms. The molecule has 4 aliphatic carbocycles. The number of imidazole rings is 1. The average molecular weight is 1220 g/mol. The summed E-state index contributed by atoms with van der Waals surface area (Å²) in [4.78, 5) is 89.9. The number of nitrogen functional groups attached to an aromatic ring is 1. The van der Waals surface area contributed by atoms with Crippen LogP contribution in [0.4, 0.5) is 5.82 Å². The summed E-state index contributed by atoms with van der Waals surface area (Å²) in [6.45, 7) is 8.57. The van der Waals surface area contributed by atoms with Gasteiger partial charge in [-0.1, -0.05) is 53.3 Å². The number of rotatable bonds is 25. The van der Waals surface area contributed by atoms with Gasteiger partial charge in [-0.05, 0) is 104 Å². The Hall–Kier alpha value is -2.60. The van der Waals surface area contributed by atoms with E-state index in [4.69, 9.17) is 19.5 Å². The average Bonchev–Trinajstić information content (AvgIpc) is 3.66. The summed E-state index contributed by atoms with van der Waals surface area (Å²) in [5, 5.41) is 71.6. The second kappa shape index (κ2) is 25.5. The van der Waals surface area contributed by atoms with Gasteiger partial charge in [0.1, 0.15) is 36.3 Å². The van der Waals surface area contributed by atoms with Gasteiger partial charge in [-0.2, -0.15) is 4.31 Å². The van der Waals surface area contributed by atoms with E-state index in [1.54, 1.807) is 6.92 Å². The Morgan fingerprint density at radius 1 is 0.925 bits per heavy atom. The Labute approximate surface area is 467 Å². The Bertz CT molecular complexity index is 2670. The fraction of sp³-hybridized carbons (Fsp3) is 0.833. The number of thioether (sulfide) groups is 1. The molecule has 454 valence electrons. The molecule has 3 heterocycles. The highest BCUT2D eigenvalue weighted by atomic mass is 32.2. The third-order valence-electron chi connectivity index (χ3n) is 18.1. The van der Waals surface area contributed by atoms with Crippen molar-refractivity contribution in [2.75, 3.05) is 37.8 Å². The molecular formula is C48H80N7O21P3S. The van der Waals surface area contributed by atoms with E-state index < -0.39 is 109 Å². The van der Waals surface area contributed by atoms with Crippen molar-refractivity contribution in [2.45, 2.75) is 161 Å². The third-order valence-corrected chi connectivity index (χ3v) is 22.3. The zero-order chi connectivity index (χ0) is 59.1. The number of aliphatic hydroxyl groups excluding tert-OH is 6. The molecule has 28 nitrogen and oxygen atoms in total. The number of nitrogens with two attached hydrogens (primary N) is 1. The van der Waals surface area contributed by atoms with E-state index in [0.717, 1.165) is 54.7 Å². The van der Waals surface area contributed by atoms with Crippen LogP contribution in [0.3, 0.4) is 0 Å². The van der Waals surface area contributed by atoms with E-state index in [0.29, 0.717) is 32.1 Å². The van der Waals surface area contributed by atoms with Crippen molar-refractivity contribution in [1.29, 1.82) is 0 Å². The molecule has 2 aromatic rings. The summed E-state index contributed by atoms with van der Waals surface area (Å²) >= 11 is 0.968. The first-order valence-electron chi connectivity index (χ1n) is 27.0. The zero-order valence-electron chi connectivity index (χ0n) is 45.6. The highest BCUT2D eigenvalue weighted by Gasteiger charge is 2.66. The molecule has 5 aliphatic rings. The number of fused-ring (bicyclic) bond motifs is 6. The van der Waals surface area contributed by atoms with Gasteiger partial charge in [0, 0.05) is 30.7 Å². The number of aromatic nitrogens is 4. The molecule has 14 N–H and O–H groups in total. The van der Waals surface area contributed by atoms with Crippen LogP contribution in [0.1, 0.15) is 112 Å². The third kappa shape index (κ3) is 14.5. The topological polar surface area (TPSA) is 445 Å². The lowest BCUT2D eigenvalue weighted by atomic mass is 9.43. The Morgan fingerprint density at radius 2 is 1.62 bits per heavy atom. The van der Waals surface area contributed by atoms with Crippen molar-refractivity contribution in [3.8, 4) is 0 Å². The van der Waals surface area contributed by atoms with Crippen LogP contribution in [-0.2, 0) is 50.7 Å². The predicted octanol–water partition coefficient (Wildman–Crippen LogP) is 2.04. The minimum atomic E-state index is -5.62. The van der Waals surface area contributed by atoms with Gasteiger partial charge in [0.05, 0.1) is 49.9 Å². The van der Waals surface area contributed by atoms with Gasteiger partial charge < -0.3 is 71.3 Å². The first kappa shape index (κ1) is 65.0. The fourth-order valence-electron chi connectivity index (χ4n) is 13.6. The minimum Gasteiger partial charge on any atom is -0.393 e. The summed E-state index contributed by atoms with van der Waals surface area (Å²) < 4.78 is 62.8. The summed E-state index contributed by atoms with van der Waals surface area (Å²) in [5.41, 5.74) is 3.82. The Kier molecular flexibility index (Phi) is 20.7. The standard InChI is InChI=1S/C48H80N7O21P3S/c1-24(28-8-9-29-36-30(19-34(59)48(28,29)6)47(5)13-11-27(56)17-26(47)18-32(36)58)7-10-31(57)25(2)45(64)80-16-15-50-35(60)12-14-51-43(63)40(62)46(3,4)21-73-79(70,71)76-78(68,69)72-20-33-39(75-77(65,66)67)38(61)44(74-33)55-23-54-37-41(49)52-22-53-42(37)55/h22-34,36,38-40,44,56-59,61-62H,7-21H2,1-6H3,(H,50,60)(H,51,63)(H,68,69)(H,70,71)(H2,49,52,53)(H2,65,66,67)/t24-,25-,26+,27-,28-,29+,30+,31-,32-,33-,34+,36+,38-,39-,40+,44-,47+,48-/m1/s1. The molecule has 0 bridgehead atoms. The smallest absolute Gasteiger partial charge is 0.393 e. The predicted molar refractivity (Wildman–Crippen MR) is 285 cm³/mol. The number of anilines is 1. The van der Waals surface area contributed by atoms with Crippen molar-refractivity contribution in [2.24, 2.45) is 57.7 Å². The van der Waals surface area contributed by atoms with Gasteiger partial charge in [0.25, 0.3) is 0 Å². The second-order valence-corrected chi connectivity index (χ2v) is 29.0. The van der Waals surface area contributed by atoms with E-state index in [1.807, 2.05) is 0 Å². The van der Waals surface area contributed by atoms with E-state index in [1.165, 1.54) is 13.8 Å². The van der Waals surface area contributed by atoms with Gasteiger partial charge in [-0.15, -0.1) is 0 Å². The molecule has 0 aromatic carbocycles. The molecule has 2 amide bonds. The fourth-order valence-corrected chi connectivity index (χ4v) is 17.2. The number of ether oxygens (including phenoxy) is 1. The van der Waals surface area contributed by atoms with Crippen LogP contribution in [0.2, 0.25) is 0 Å². The molecule has 2 aromatic heterocycles. The first-order chi connectivity index (χ1) is 37.2. The monoisotopic (exact) mass is 1220 g/mol. The van der Waals surface area contributed by atoms with E-state index in [-0.39, 0.29) is 99.8 Å². The second-order valence-electron chi connectivity index (χ2n) is 23.7. The Morgan fingerprint density at radius 3 is 2.33 bits per heavy atom. The lowest BCUT2D eigenvalue weighted by Gasteiger charge is -2.63. The van der Waals surface area contributed by atoms with Crippen molar-refractivity contribution < 1.29 is 101 Å². The van der Waals surface area contributed by atoms with Crippen molar-refractivity contribution in [1.82, 2.24) is 30.2 Å². The minimum absolute atomic E-state index is 0.0198. The molecule has 5 fully saturated rings. The van der Waals surface area contributed by atoms with Gasteiger partial charge in [-0.3, -0.25) is 32.5 Å². The quantitative estimate of drug-likeness (QED) is 0.0500. The van der Waals surface area contributed by atoms with Gasteiger partial charge in [0.2, 0.25) is 11.8 Å². The molecule has 32 heteroatoms. The molecule has 80 heavy (non-hydrogen) atoms. The number of carbonyl (C=O) groups excluding carboxylic acids is 3. The van der Waals surface area contributed by atoms with Crippen molar-refractivity contribution in [3.05, 3.63) is 12.7 Å². The lowest BCUT2D eigenvalue weighted by molar-refractivity contribution is -0.207. The molecule has 0 radical (unpaired) electrons. The number of hydrogen-bond donors (Lipinski definition) is 13. The number of nitrogens with one attached hydrogen (secondary N) is 2. The van der Waals surface area contributed by atoms with Gasteiger partial charge >= 0.3 is 23.5 Å². The van der Waals surface area contributed by atoms with E-state index >= 15 is 0 Å². The summed E-state index contributed by atoms with van der Waals surface area (Å²) in [6.07, 6.45) is -2.81. The maximum atomic E-state index is 13.1. The molecule has 4 saturated carbocycles. The summed E-state index contributed by atoms with van der Waals surface area (Å²) in [5.74, 6) is -1.01. The van der Waals surface area contributed by atoms with Crippen LogP contribution in [0.25, 0.3) is 11.2 Å². The van der Waals surface area contributed by atoms with Crippen molar-refractivity contribution >= 4 is 69.1 Å². The molecule has 20 atom stereocenters. The lowest BCUT2D eigenvalue weighted by Crippen LogP contribution is -2.62. The SMILES string of the molecule is C[C@H](CC[C@@H](O)[C@@H](C)C(=O)SCCNC(=O)CCNC(=O)[C@H](O)C(C)(C)COP(=O)(O)OP(=O)(O)OC[C@H]1O[C@@H](n2cnc3c(N)ncnc32)[C@H](O)[C@@H]1OP(=O)(O)O)[C@H]1CC[C@H]2[C@@H]3[C@H](O)C[C@@H]4C[C@H](O)CC[C@]4(C)[C@H]3C[C@H](O)[C@]12C. The number of hydrogen-bond acceptors (Lipinski definition) is 22. The van der Waals surface area contributed by atoms with Crippen LogP contribution >= 0.6 is 35.2 Å². The number of amides is 2. The molecule has 1 aliphatic heterocycles. The van der Waals surface area contributed by atoms with Crippen LogP contribution in [0.5, 0.6) is 0 Å². The molecule has 1 saturated heterocycles. The summed E-state index contributed by atoms with van der Waals surface area (Å²) in [7, 11) is -16.5. The number of phosphoric ester groups is 3. The van der Waals surface area contributed by atoms with Gasteiger partial charge in [-0.25, -0.2) is 28.6 Å². The highest BCUT2D eigenvalue weighted by molar-refractivity contribution is 8.13. The largest absolute Gasteiger partial charge is 0.481 e. The van der Waals surface area contributed by atoms with Crippen molar-refractivity contribution in [3.63, 3.8) is 0 Å². The first-order valence-corrected chi connectivity index (χ1v) is 32.5. The van der Waals surface area contributed by atoms with Crippen LogP contribution in [-0.4, -0.2) is 168 Å². The van der Waals surface area contributed by atoms with Crippen LogP contribution in [0, 0.1) is 57.7 Å². The zero-order valence-corrected chi connectivity index (χ0v) is 49.1. The maximum Gasteiger partial charge on any atom is 0.481 e. The summed E-state index contributed by atoms with van der Waals surface area (Å²) in [6, 6.07) is 0. The van der Waals surface area contributed by atoms with Crippen LogP contribution < -0.4 is 16.4 Å². The highest BCUT2D eigenvalue weighted by Crippen LogP contribution is 2.69. The molecule has 7 rings (SSSR count). The molecule has 2 unspecified atom stereocenters. The van der Waals surface area contributed by atoms with Gasteiger partial charge in [0.15, 0.2) is 22.8 Å². The van der Waals surface area contributed by atoms with E-state index in [2.05, 4.69) is 55.2 Å². The number of nitrogens with zero attached hydrogens (tertiary/aromatic N) is 4.